The molecule has 0 bridgehead atoms. The number of nitrogens with zero attached hydrogens (tertiary/aromatic N) is 1. The SMILES string of the molecule is Cc1ncccc1C1CCCN1.Cl.Cl. The largest absolute Gasteiger partial charge is 0.310 e. The van der Waals surface area contributed by atoms with Gasteiger partial charge in [0, 0.05) is 17.9 Å². The van der Waals surface area contributed by atoms with Gasteiger partial charge in [0.1, 0.15) is 0 Å². The Kier molecular flexibility index (Phi) is 6.09. The topological polar surface area (TPSA) is 24.9 Å². The maximum absolute atomic E-state index is 4.28. The van der Waals surface area contributed by atoms with Crippen molar-refractivity contribution >= 4 is 24.8 Å². The van der Waals surface area contributed by atoms with Crippen LogP contribution in [0.2, 0.25) is 0 Å². The third-order valence-corrected chi connectivity index (χ3v) is 2.48. The summed E-state index contributed by atoms with van der Waals surface area (Å²) in [6.45, 7) is 3.23. The number of aromatic nitrogens is 1. The van der Waals surface area contributed by atoms with Gasteiger partial charge in [0.2, 0.25) is 0 Å². The van der Waals surface area contributed by atoms with Gasteiger partial charge in [-0.15, -0.1) is 24.8 Å². The van der Waals surface area contributed by atoms with Crippen LogP contribution in [0.5, 0.6) is 0 Å². The first-order valence-electron chi connectivity index (χ1n) is 4.53. The predicted molar refractivity (Wildman–Crippen MR) is 63.4 cm³/mol. The summed E-state index contributed by atoms with van der Waals surface area (Å²) >= 11 is 0. The van der Waals surface area contributed by atoms with Gasteiger partial charge < -0.3 is 5.32 Å². The van der Waals surface area contributed by atoms with Crippen molar-refractivity contribution in [3.8, 4) is 0 Å². The number of aryl methyl sites for hydroxylation is 1. The Morgan fingerprint density at radius 3 is 2.79 bits per heavy atom. The van der Waals surface area contributed by atoms with Crippen LogP contribution >= 0.6 is 24.8 Å². The summed E-state index contributed by atoms with van der Waals surface area (Å²) in [6.07, 6.45) is 4.40. The Bertz CT molecular complexity index is 273. The molecule has 2 rings (SSSR count). The molecule has 1 aromatic heterocycles. The summed E-state index contributed by atoms with van der Waals surface area (Å²) in [5.74, 6) is 0. The molecule has 0 spiro atoms. The second-order valence-electron chi connectivity index (χ2n) is 3.33. The fourth-order valence-corrected chi connectivity index (χ4v) is 1.81. The maximum Gasteiger partial charge on any atom is 0.0420 e. The van der Waals surface area contributed by atoms with E-state index in [1.54, 1.807) is 0 Å². The lowest BCUT2D eigenvalue weighted by Gasteiger charge is -2.11. The Morgan fingerprint density at radius 1 is 1.43 bits per heavy atom. The van der Waals surface area contributed by atoms with Gasteiger partial charge >= 0.3 is 0 Å². The van der Waals surface area contributed by atoms with Crippen molar-refractivity contribution in [1.82, 2.24) is 10.3 Å². The molecule has 2 heterocycles. The molecule has 0 radical (unpaired) electrons. The van der Waals surface area contributed by atoms with Crippen molar-refractivity contribution in [3.63, 3.8) is 0 Å². The summed E-state index contributed by atoms with van der Waals surface area (Å²) in [4.78, 5) is 4.28. The van der Waals surface area contributed by atoms with Crippen LogP contribution < -0.4 is 5.32 Å². The van der Waals surface area contributed by atoms with Crippen LogP contribution in [-0.2, 0) is 0 Å². The number of halogens is 2. The molecule has 0 aromatic carbocycles. The lowest BCUT2D eigenvalue weighted by molar-refractivity contribution is 0.640. The molecule has 0 aliphatic carbocycles. The lowest BCUT2D eigenvalue weighted by Crippen LogP contribution is -2.14. The van der Waals surface area contributed by atoms with E-state index in [1.807, 2.05) is 12.3 Å². The van der Waals surface area contributed by atoms with E-state index in [0.29, 0.717) is 6.04 Å². The zero-order valence-electron chi connectivity index (χ0n) is 8.19. The fourth-order valence-electron chi connectivity index (χ4n) is 1.81. The molecule has 2 nitrogen and oxygen atoms in total. The highest BCUT2D eigenvalue weighted by molar-refractivity contribution is 5.85. The molecule has 1 atom stereocenters. The van der Waals surface area contributed by atoms with Crippen LogP contribution in [0.15, 0.2) is 18.3 Å². The van der Waals surface area contributed by atoms with Crippen molar-refractivity contribution in [2.75, 3.05) is 6.54 Å². The highest BCUT2D eigenvalue weighted by Crippen LogP contribution is 2.23. The number of hydrogen-bond acceptors (Lipinski definition) is 2. The molecule has 1 fully saturated rings. The number of hydrogen-bond donors (Lipinski definition) is 1. The molecule has 80 valence electrons. The smallest absolute Gasteiger partial charge is 0.0420 e. The molecule has 0 saturated carbocycles. The molecule has 1 unspecified atom stereocenters. The van der Waals surface area contributed by atoms with Crippen molar-refractivity contribution in [1.29, 1.82) is 0 Å². The van der Waals surface area contributed by atoms with Crippen molar-refractivity contribution in [3.05, 3.63) is 29.6 Å². The van der Waals surface area contributed by atoms with Crippen molar-refractivity contribution < 1.29 is 0 Å². The minimum Gasteiger partial charge on any atom is -0.310 e. The maximum atomic E-state index is 4.28. The zero-order valence-corrected chi connectivity index (χ0v) is 9.83. The van der Waals surface area contributed by atoms with Gasteiger partial charge in [-0.3, -0.25) is 4.98 Å². The molecule has 0 amide bonds. The summed E-state index contributed by atoms with van der Waals surface area (Å²) in [5.41, 5.74) is 2.53. The molecule has 1 aromatic rings. The number of pyridine rings is 1. The van der Waals surface area contributed by atoms with Gasteiger partial charge in [-0.25, -0.2) is 0 Å². The molecule has 1 aliphatic rings. The van der Waals surface area contributed by atoms with E-state index < -0.39 is 0 Å². The average molecular weight is 235 g/mol. The third kappa shape index (κ3) is 2.84. The van der Waals surface area contributed by atoms with E-state index in [9.17, 15) is 0 Å². The van der Waals surface area contributed by atoms with E-state index >= 15 is 0 Å². The molecule has 14 heavy (non-hydrogen) atoms. The van der Waals surface area contributed by atoms with Gasteiger partial charge in [-0.1, -0.05) is 6.07 Å². The number of nitrogens with one attached hydrogen (secondary N) is 1. The highest BCUT2D eigenvalue weighted by Gasteiger charge is 2.17. The van der Waals surface area contributed by atoms with Crippen molar-refractivity contribution in [2.24, 2.45) is 0 Å². The highest BCUT2D eigenvalue weighted by atomic mass is 35.5. The Balaban J connectivity index is 0.000000845. The molecule has 1 N–H and O–H groups in total. The van der Waals surface area contributed by atoms with Crippen LogP contribution in [0.1, 0.15) is 30.1 Å². The Hall–Kier alpha value is -0.310. The van der Waals surface area contributed by atoms with E-state index in [2.05, 4.69) is 23.3 Å². The number of rotatable bonds is 1. The summed E-state index contributed by atoms with van der Waals surface area (Å²) in [5, 5.41) is 3.47. The summed E-state index contributed by atoms with van der Waals surface area (Å²) in [6, 6.07) is 4.74. The third-order valence-electron chi connectivity index (χ3n) is 2.48. The van der Waals surface area contributed by atoms with E-state index in [4.69, 9.17) is 0 Å². The van der Waals surface area contributed by atoms with Gasteiger partial charge in [0.05, 0.1) is 0 Å². The Labute approximate surface area is 97.3 Å². The van der Waals surface area contributed by atoms with Crippen LogP contribution in [0.25, 0.3) is 0 Å². The molecular weight excluding hydrogens is 219 g/mol. The van der Waals surface area contributed by atoms with Crippen LogP contribution in [0.3, 0.4) is 0 Å². The Morgan fingerprint density at radius 2 is 2.21 bits per heavy atom. The molecular formula is C10H16Cl2N2. The second kappa shape index (κ2) is 6.23. The van der Waals surface area contributed by atoms with Gasteiger partial charge in [-0.05, 0) is 37.9 Å². The normalized spacial score (nSPS) is 19.6. The van der Waals surface area contributed by atoms with Gasteiger partial charge in [0.25, 0.3) is 0 Å². The van der Waals surface area contributed by atoms with Crippen LogP contribution in [0, 0.1) is 6.92 Å². The summed E-state index contributed by atoms with van der Waals surface area (Å²) in [7, 11) is 0. The van der Waals surface area contributed by atoms with Crippen molar-refractivity contribution in [2.45, 2.75) is 25.8 Å². The van der Waals surface area contributed by atoms with E-state index in [0.717, 1.165) is 12.2 Å². The van der Waals surface area contributed by atoms with Crippen LogP contribution in [-0.4, -0.2) is 11.5 Å². The van der Waals surface area contributed by atoms with E-state index in [-0.39, 0.29) is 24.8 Å². The zero-order chi connectivity index (χ0) is 8.39. The quantitative estimate of drug-likeness (QED) is 0.809. The molecule has 4 heteroatoms. The average Bonchev–Trinajstić information content (AvgIpc) is 2.57. The second-order valence-corrected chi connectivity index (χ2v) is 3.33. The fraction of sp³-hybridized carbons (Fsp3) is 0.500. The van der Waals surface area contributed by atoms with Gasteiger partial charge in [-0.2, -0.15) is 0 Å². The first-order valence-corrected chi connectivity index (χ1v) is 4.53. The molecule has 1 aliphatic heterocycles. The predicted octanol–water partition coefficient (Wildman–Crippen LogP) is 2.66. The van der Waals surface area contributed by atoms with Crippen LogP contribution in [0.4, 0.5) is 0 Å². The lowest BCUT2D eigenvalue weighted by atomic mass is 10.0. The monoisotopic (exact) mass is 234 g/mol. The minimum atomic E-state index is 0. The van der Waals surface area contributed by atoms with E-state index in [1.165, 1.54) is 18.4 Å². The summed E-state index contributed by atoms with van der Waals surface area (Å²) < 4.78 is 0. The molecule has 1 saturated heterocycles. The van der Waals surface area contributed by atoms with Gasteiger partial charge in [0.15, 0.2) is 0 Å². The minimum absolute atomic E-state index is 0. The standard InChI is InChI=1S/C10H14N2.2ClH/c1-8-9(4-2-6-11-8)10-5-3-7-12-10;;/h2,4,6,10,12H,3,5,7H2,1H3;2*1H. The first-order chi connectivity index (χ1) is 5.88. The first kappa shape index (κ1) is 13.7.